The highest BCUT2D eigenvalue weighted by atomic mass is 35.5. The maximum absolute atomic E-state index is 13.0. The predicted octanol–water partition coefficient (Wildman–Crippen LogP) is 3.47. The summed E-state index contributed by atoms with van der Waals surface area (Å²) in [5.41, 5.74) is 0.175. The largest absolute Gasteiger partial charge is 0.489 e. The van der Waals surface area contributed by atoms with E-state index >= 15 is 0 Å². The molecule has 0 saturated carbocycles. The fourth-order valence-corrected chi connectivity index (χ4v) is 1.43. The predicted molar refractivity (Wildman–Crippen MR) is 57.2 cm³/mol. The van der Waals surface area contributed by atoms with Crippen LogP contribution in [0.1, 0.15) is 31.1 Å². The fourth-order valence-electron chi connectivity index (χ4n) is 1.18. The number of halogens is 2. The van der Waals surface area contributed by atoms with Crippen LogP contribution in [0, 0.1) is 5.82 Å². The zero-order valence-corrected chi connectivity index (χ0v) is 9.56. The molecular formula is C11H12ClFO2. The van der Waals surface area contributed by atoms with Crippen LogP contribution in [0.15, 0.2) is 12.1 Å². The number of rotatable bonds is 3. The number of Topliss-reactive ketones (excluding diaryl/α,β-unsaturated/α-hetero) is 1. The van der Waals surface area contributed by atoms with Gasteiger partial charge in [0, 0.05) is 0 Å². The normalized spacial score (nSPS) is 10.5. The third kappa shape index (κ3) is 2.93. The Labute approximate surface area is 93.0 Å². The molecule has 1 aromatic rings. The van der Waals surface area contributed by atoms with Crippen molar-refractivity contribution in [3.8, 4) is 5.75 Å². The van der Waals surface area contributed by atoms with Crippen molar-refractivity contribution in [2.75, 3.05) is 0 Å². The van der Waals surface area contributed by atoms with Gasteiger partial charge in [-0.2, -0.15) is 0 Å². The van der Waals surface area contributed by atoms with Gasteiger partial charge < -0.3 is 4.74 Å². The second kappa shape index (κ2) is 4.62. The highest BCUT2D eigenvalue weighted by Crippen LogP contribution is 2.31. The lowest BCUT2D eigenvalue weighted by Gasteiger charge is -2.14. The Balaban J connectivity index is 3.27. The van der Waals surface area contributed by atoms with E-state index in [9.17, 15) is 9.18 Å². The second-order valence-corrected chi connectivity index (χ2v) is 3.89. The minimum Gasteiger partial charge on any atom is -0.489 e. The summed E-state index contributed by atoms with van der Waals surface area (Å²) >= 11 is 5.81. The summed E-state index contributed by atoms with van der Waals surface area (Å²) in [6.45, 7) is 4.96. The lowest BCUT2D eigenvalue weighted by Crippen LogP contribution is -2.10. The van der Waals surface area contributed by atoms with Crippen molar-refractivity contribution in [2.45, 2.75) is 26.9 Å². The SMILES string of the molecule is CC(=O)c1cc(F)cc(Cl)c1OC(C)C. The standard InChI is InChI=1S/C11H12ClFO2/c1-6(2)15-11-9(7(3)14)4-8(13)5-10(11)12/h4-6H,1-3H3. The number of benzene rings is 1. The van der Waals surface area contributed by atoms with Crippen molar-refractivity contribution >= 4 is 17.4 Å². The smallest absolute Gasteiger partial charge is 0.163 e. The maximum atomic E-state index is 13.0. The number of carbonyl (C=O) groups excluding carboxylic acids is 1. The van der Waals surface area contributed by atoms with Crippen LogP contribution < -0.4 is 4.74 Å². The summed E-state index contributed by atoms with van der Waals surface area (Å²) < 4.78 is 18.4. The average Bonchev–Trinajstić information content (AvgIpc) is 2.08. The van der Waals surface area contributed by atoms with Gasteiger partial charge in [0.25, 0.3) is 0 Å². The van der Waals surface area contributed by atoms with Crippen LogP contribution in [0.3, 0.4) is 0 Å². The molecule has 0 radical (unpaired) electrons. The van der Waals surface area contributed by atoms with Crippen LogP contribution in [-0.4, -0.2) is 11.9 Å². The molecule has 1 rings (SSSR count). The Morgan fingerprint density at radius 1 is 1.47 bits per heavy atom. The molecule has 4 heteroatoms. The molecule has 0 aliphatic carbocycles. The molecule has 0 N–H and O–H groups in total. The molecule has 82 valence electrons. The van der Waals surface area contributed by atoms with E-state index in [1.165, 1.54) is 6.92 Å². The van der Waals surface area contributed by atoms with Gasteiger partial charge in [0.2, 0.25) is 0 Å². The van der Waals surface area contributed by atoms with Gasteiger partial charge in [-0.1, -0.05) is 11.6 Å². The minimum absolute atomic E-state index is 0.119. The Morgan fingerprint density at radius 3 is 2.53 bits per heavy atom. The third-order valence-corrected chi connectivity index (χ3v) is 2.02. The molecule has 2 nitrogen and oxygen atoms in total. The molecular weight excluding hydrogens is 219 g/mol. The zero-order chi connectivity index (χ0) is 11.6. The summed E-state index contributed by atoms with van der Waals surface area (Å²) in [6, 6.07) is 2.26. The number of carbonyl (C=O) groups is 1. The topological polar surface area (TPSA) is 26.3 Å². The summed E-state index contributed by atoms with van der Waals surface area (Å²) in [4.78, 5) is 11.2. The number of hydrogen-bond acceptors (Lipinski definition) is 2. The molecule has 0 heterocycles. The van der Waals surface area contributed by atoms with E-state index in [0.717, 1.165) is 12.1 Å². The van der Waals surface area contributed by atoms with Crippen molar-refractivity contribution in [3.05, 3.63) is 28.5 Å². The molecule has 0 fully saturated rings. The first-order chi connectivity index (χ1) is 6.91. The number of ether oxygens (including phenoxy) is 1. The van der Waals surface area contributed by atoms with Gasteiger partial charge >= 0.3 is 0 Å². The Bertz CT molecular complexity index is 388. The van der Waals surface area contributed by atoms with Gasteiger partial charge in [-0.05, 0) is 32.9 Å². The van der Waals surface area contributed by atoms with Crippen molar-refractivity contribution in [1.82, 2.24) is 0 Å². The lowest BCUT2D eigenvalue weighted by atomic mass is 10.1. The van der Waals surface area contributed by atoms with E-state index in [2.05, 4.69) is 0 Å². The molecule has 0 atom stereocenters. The lowest BCUT2D eigenvalue weighted by molar-refractivity contribution is 0.101. The molecule has 0 aliphatic heterocycles. The van der Waals surface area contributed by atoms with Crippen LogP contribution in [0.4, 0.5) is 4.39 Å². The quantitative estimate of drug-likeness (QED) is 0.744. The molecule has 0 amide bonds. The highest BCUT2D eigenvalue weighted by molar-refractivity contribution is 6.32. The van der Waals surface area contributed by atoms with Crippen molar-refractivity contribution < 1.29 is 13.9 Å². The van der Waals surface area contributed by atoms with Gasteiger partial charge in [-0.15, -0.1) is 0 Å². The molecule has 0 spiro atoms. The van der Waals surface area contributed by atoms with Crippen LogP contribution in [-0.2, 0) is 0 Å². The molecule has 1 aromatic carbocycles. The van der Waals surface area contributed by atoms with E-state index in [-0.39, 0.29) is 28.2 Å². The third-order valence-electron chi connectivity index (χ3n) is 1.74. The van der Waals surface area contributed by atoms with Crippen molar-refractivity contribution in [2.24, 2.45) is 0 Å². The molecule has 0 aromatic heterocycles. The average molecular weight is 231 g/mol. The van der Waals surface area contributed by atoms with Crippen molar-refractivity contribution in [1.29, 1.82) is 0 Å². The molecule has 0 bridgehead atoms. The van der Waals surface area contributed by atoms with Crippen molar-refractivity contribution in [3.63, 3.8) is 0 Å². The van der Waals surface area contributed by atoms with Crippen LogP contribution in [0.5, 0.6) is 5.75 Å². The molecule has 0 saturated heterocycles. The first-order valence-electron chi connectivity index (χ1n) is 4.58. The van der Waals surface area contributed by atoms with Gasteiger partial charge in [-0.25, -0.2) is 4.39 Å². The summed E-state index contributed by atoms with van der Waals surface area (Å²) in [7, 11) is 0. The minimum atomic E-state index is -0.540. The van der Waals surface area contributed by atoms with E-state index in [0.29, 0.717) is 0 Å². The van der Waals surface area contributed by atoms with Gasteiger partial charge in [-0.3, -0.25) is 4.79 Å². The summed E-state index contributed by atoms with van der Waals surface area (Å²) in [5, 5.41) is 0.119. The van der Waals surface area contributed by atoms with Crippen LogP contribution in [0.25, 0.3) is 0 Å². The van der Waals surface area contributed by atoms with Gasteiger partial charge in [0.05, 0.1) is 16.7 Å². The molecule has 0 aliphatic rings. The molecule has 15 heavy (non-hydrogen) atoms. The molecule has 0 unspecified atom stereocenters. The number of hydrogen-bond donors (Lipinski definition) is 0. The first kappa shape index (κ1) is 12.0. The van der Waals surface area contributed by atoms with Crippen LogP contribution in [0.2, 0.25) is 5.02 Å². The Morgan fingerprint density at radius 2 is 2.07 bits per heavy atom. The van der Waals surface area contributed by atoms with E-state index in [4.69, 9.17) is 16.3 Å². The van der Waals surface area contributed by atoms with E-state index in [1.54, 1.807) is 0 Å². The van der Waals surface area contributed by atoms with Gasteiger partial charge in [0.15, 0.2) is 5.78 Å². The number of ketones is 1. The fraction of sp³-hybridized carbons (Fsp3) is 0.364. The van der Waals surface area contributed by atoms with E-state index in [1.807, 2.05) is 13.8 Å². The maximum Gasteiger partial charge on any atom is 0.163 e. The second-order valence-electron chi connectivity index (χ2n) is 3.49. The first-order valence-corrected chi connectivity index (χ1v) is 4.96. The summed E-state index contributed by atoms with van der Waals surface area (Å²) in [5.74, 6) is -0.561. The zero-order valence-electron chi connectivity index (χ0n) is 8.80. The summed E-state index contributed by atoms with van der Waals surface area (Å²) in [6.07, 6.45) is -0.119. The van der Waals surface area contributed by atoms with Gasteiger partial charge in [0.1, 0.15) is 11.6 Å². The van der Waals surface area contributed by atoms with E-state index < -0.39 is 5.82 Å². The Kier molecular flexibility index (Phi) is 3.69. The highest BCUT2D eigenvalue weighted by Gasteiger charge is 2.15. The monoisotopic (exact) mass is 230 g/mol. The van der Waals surface area contributed by atoms with Crippen LogP contribution >= 0.6 is 11.6 Å². The Hall–Kier alpha value is -1.09.